The molecule has 5 rings (SSSR count). The summed E-state index contributed by atoms with van der Waals surface area (Å²) < 4.78 is 6.64. The second kappa shape index (κ2) is 11.8. The minimum Gasteiger partial charge on any atom is -0.411 e. The summed E-state index contributed by atoms with van der Waals surface area (Å²) in [4.78, 5) is 29.4. The molecule has 3 aromatic carbocycles. The van der Waals surface area contributed by atoms with Crippen LogP contribution in [0.4, 0.5) is 11.4 Å². The molecule has 2 heterocycles. The molecule has 0 atom stereocenters. The van der Waals surface area contributed by atoms with Gasteiger partial charge in [-0.3, -0.25) is 9.59 Å². The van der Waals surface area contributed by atoms with Gasteiger partial charge in [-0.15, -0.1) is 10.2 Å². The summed E-state index contributed by atoms with van der Waals surface area (Å²) in [5, 5.41) is 11.4. The Labute approximate surface area is 233 Å². The van der Waals surface area contributed by atoms with Gasteiger partial charge in [0.25, 0.3) is 11.1 Å². The van der Waals surface area contributed by atoms with E-state index in [0.717, 1.165) is 40.1 Å². The SMILES string of the molecule is Cc1cccc(-c2nnc(SCC(=O)Nc3ccc(N4CCN(C(=O)c5ccc(Br)cc5)CC4)cc3)o2)c1. The number of thioether (sulfide) groups is 1. The smallest absolute Gasteiger partial charge is 0.277 e. The molecule has 1 saturated heterocycles. The summed E-state index contributed by atoms with van der Waals surface area (Å²) in [6, 6.07) is 23.0. The first-order valence-electron chi connectivity index (χ1n) is 12.2. The molecule has 1 N–H and O–H groups in total. The van der Waals surface area contributed by atoms with Crippen LogP contribution in [-0.4, -0.2) is 58.8 Å². The van der Waals surface area contributed by atoms with Crippen molar-refractivity contribution in [2.24, 2.45) is 0 Å². The molecule has 10 heteroatoms. The van der Waals surface area contributed by atoms with E-state index in [-0.39, 0.29) is 17.6 Å². The van der Waals surface area contributed by atoms with Crippen LogP contribution >= 0.6 is 27.7 Å². The standard InChI is InChI=1S/C28H26BrN5O3S/c1-19-3-2-4-21(17-19)26-31-32-28(37-26)38-18-25(35)30-23-9-11-24(12-10-23)33-13-15-34(16-14-33)27(36)20-5-7-22(29)8-6-20/h2-12,17H,13-16,18H2,1H3,(H,30,35). The minimum atomic E-state index is -0.155. The fourth-order valence-corrected chi connectivity index (χ4v) is 5.01. The molecule has 1 aromatic heterocycles. The molecule has 194 valence electrons. The zero-order chi connectivity index (χ0) is 26.5. The van der Waals surface area contributed by atoms with Crippen molar-refractivity contribution in [2.45, 2.75) is 12.1 Å². The fourth-order valence-electron chi connectivity index (χ4n) is 4.19. The molecular formula is C28H26BrN5O3S. The molecule has 4 aromatic rings. The maximum Gasteiger partial charge on any atom is 0.277 e. The molecule has 1 fully saturated rings. The maximum atomic E-state index is 12.8. The Kier molecular flexibility index (Phi) is 8.09. The van der Waals surface area contributed by atoms with Crippen LogP contribution in [-0.2, 0) is 4.79 Å². The highest BCUT2D eigenvalue weighted by molar-refractivity contribution is 9.10. The highest BCUT2D eigenvalue weighted by Gasteiger charge is 2.22. The first-order valence-corrected chi connectivity index (χ1v) is 14.0. The number of nitrogens with one attached hydrogen (secondary N) is 1. The van der Waals surface area contributed by atoms with Gasteiger partial charge in [0.2, 0.25) is 11.8 Å². The van der Waals surface area contributed by atoms with E-state index < -0.39 is 0 Å². The molecule has 0 saturated carbocycles. The summed E-state index contributed by atoms with van der Waals surface area (Å²) in [6.45, 7) is 4.82. The van der Waals surface area contributed by atoms with Crippen LogP contribution in [0.15, 0.2) is 86.9 Å². The lowest BCUT2D eigenvalue weighted by Crippen LogP contribution is -2.48. The van der Waals surface area contributed by atoms with Gasteiger partial charge >= 0.3 is 0 Å². The van der Waals surface area contributed by atoms with E-state index in [0.29, 0.717) is 29.8 Å². The Hall–Kier alpha value is -3.63. The van der Waals surface area contributed by atoms with Crippen molar-refractivity contribution in [1.82, 2.24) is 15.1 Å². The van der Waals surface area contributed by atoms with Crippen molar-refractivity contribution in [2.75, 3.05) is 42.1 Å². The average Bonchev–Trinajstić information content (AvgIpc) is 3.42. The topological polar surface area (TPSA) is 91.6 Å². The monoisotopic (exact) mass is 591 g/mol. The van der Waals surface area contributed by atoms with Gasteiger partial charge in [0.05, 0.1) is 5.75 Å². The van der Waals surface area contributed by atoms with Crippen molar-refractivity contribution in [3.05, 3.63) is 88.4 Å². The molecule has 38 heavy (non-hydrogen) atoms. The van der Waals surface area contributed by atoms with Gasteiger partial charge < -0.3 is 19.5 Å². The highest BCUT2D eigenvalue weighted by Crippen LogP contribution is 2.25. The molecule has 0 unspecified atom stereocenters. The molecule has 0 bridgehead atoms. The Morgan fingerprint density at radius 1 is 0.974 bits per heavy atom. The van der Waals surface area contributed by atoms with E-state index in [2.05, 4.69) is 36.3 Å². The van der Waals surface area contributed by atoms with Gasteiger partial charge in [-0.05, 0) is 67.6 Å². The van der Waals surface area contributed by atoms with Gasteiger partial charge in [0, 0.05) is 53.2 Å². The van der Waals surface area contributed by atoms with Crippen molar-refractivity contribution < 1.29 is 14.0 Å². The lowest BCUT2D eigenvalue weighted by molar-refractivity contribution is -0.113. The first-order chi connectivity index (χ1) is 18.4. The predicted molar refractivity (Wildman–Crippen MR) is 153 cm³/mol. The zero-order valence-corrected chi connectivity index (χ0v) is 23.2. The Balaban J connectivity index is 1.09. The lowest BCUT2D eigenvalue weighted by atomic mass is 10.1. The van der Waals surface area contributed by atoms with Crippen LogP contribution in [0.5, 0.6) is 0 Å². The third kappa shape index (κ3) is 6.43. The first kappa shape index (κ1) is 26.0. The Morgan fingerprint density at radius 2 is 1.71 bits per heavy atom. The van der Waals surface area contributed by atoms with Gasteiger partial charge in [0.1, 0.15) is 0 Å². The summed E-state index contributed by atoms with van der Waals surface area (Å²) in [6.07, 6.45) is 0. The van der Waals surface area contributed by atoms with Crippen molar-refractivity contribution in [1.29, 1.82) is 0 Å². The Bertz CT molecular complexity index is 1420. The molecule has 1 aliphatic heterocycles. The largest absolute Gasteiger partial charge is 0.411 e. The van der Waals surface area contributed by atoms with Crippen molar-refractivity contribution in [3.63, 3.8) is 0 Å². The number of hydrogen-bond acceptors (Lipinski definition) is 7. The second-order valence-corrected chi connectivity index (χ2v) is 10.8. The van der Waals surface area contributed by atoms with E-state index in [1.165, 1.54) is 11.8 Å². The number of anilines is 2. The maximum absolute atomic E-state index is 12.8. The number of piperazine rings is 1. The number of benzene rings is 3. The van der Waals surface area contributed by atoms with Crippen molar-refractivity contribution >= 4 is 50.9 Å². The number of nitrogens with zero attached hydrogens (tertiary/aromatic N) is 4. The van der Waals surface area contributed by atoms with Crippen LogP contribution in [0, 0.1) is 6.92 Å². The average molecular weight is 593 g/mol. The molecule has 0 radical (unpaired) electrons. The number of amides is 2. The van der Waals surface area contributed by atoms with Crippen LogP contribution in [0.3, 0.4) is 0 Å². The molecule has 0 spiro atoms. The normalized spacial score (nSPS) is 13.4. The summed E-state index contributed by atoms with van der Waals surface area (Å²) >= 11 is 4.61. The predicted octanol–water partition coefficient (Wildman–Crippen LogP) is 5.50. The third-order valence-electron chi connectivity index (χ3n) is 6.17. The number of aromatic nitrogens is 2. The lowest BCUT2D eigenvalue weighted by Gasteiger charge is -2.36. The van der Waals surface area contributed by atoms with E-state index in [9.17, 15) is 9.59 Å². The van der Waals surface area contributed by atoms with Gasteiger partial charge in [-0.2, -0.15) is 0 Å². The second-order valence-electron chi connectivity index (χ2n) is 8.91. The van der Waals surface area contributed by atoms with Crippen LogP contribution in [0.1, 0.15) is 15.9 Å². The van der Waals surface area contributed by atoms with E-state index >= 15 is 0 Å². The van der Waals surface area contributed by atoms with Gasteiger partial charge in [0.15, 0.2) is 0 Å². The fraction of sp³-hybridized carbons (Fsp3) is 0.214. The molecule has 1 aliphatic rings. The van der Waals surface area contributed by atoms with Crippen LogP contribution < -0.4 is 10.2 Å². The summed E-state index contributed by atoms with van der Waals surface area (Å²) in [5.74, 6) is 0.495. The quantitative estimate of drug-likeness (QED) is 0.284. The molecular weight excluding hydrogens is 566 g/mol. The van der Waals surface area contributed by atoms with Gasteiger partial charge in [-0.1, -0.05) is 45.4 Å². The van der Waals surface area contributed by atoms with E-state index in [1.54, 1.807) is 0 Å². The number of hydrogen-bond donors (Lipinski definition) is 1. The number of carbonyl (C=O) groups excluding carboxylic acids is 2. The summed E-state index contributed by atoms with van der Waals surface area (Å²) in [7, 11) is 0. The molecule has 0 aliphatic carbocycles. The number of carbonyl (C=O) groups is 2. The third-order valence-corrected chi connectivity index (χ3v) is 7.52. The number of rotatable bonds is 7. The van der Waals surface area contributed by atoms with Gasteiger partial charge in [-0.25, -0.2) is 0 Å². The number of aryl methyl sites for hydroxylation is 1. The van der Waals surface area contributed by atoms with E-state index in [1.807, 2.05) is 84.6 Å². The zero-order valence-electron chi connectivity index (χ0n) is 20.8. The number of halogens is 1. The Morgan fingerprint density at radius 3 is 2.42 bits per heavy atom. The molecule has 8 nitrogen and oxygen atoms in total. The molecule has 2 amide bonds. The summed E-state index contributed by atoms with van der Waals surface area (Å²) in [5.41, 5.74) is 4.43. The van der Waals surface area contributed by atoms with Crippen LogP contribution in [0.2, 0.25) is 0 Å². The van der Waals surface area contributed by atoms with Crippen molar-refractivity contribution in [3.8, 4) is 11.5 Å². The minimum absolute atomic E-state index is 0.0556. The van der Waals surface area contributed by atoms with E-state index in [4.69, 9.17) is 4.42 Å². The van der Waals surface area contributed by atoms with Crippen LogP contribution in [0.25, 0.3) is 11.5 Å². The highest BCUT2D eigenvalue weighted by atomic mass is 79.9.